The van der Waals surface area contributed by atoms with Crippen LogP contribution in [0.15, 0.2) is 0 Å². The van der Waals surface area contributed by atoms with E-state index in [-0.39, 0.29) is 11.1 Å². The summed E-state index contributed by atoms with van der Waals surface area (Å²) in [5, 5.41) is 0. The first-order valence-electron chi connectivity index (χ1n) is 9.81. The molecule has 0 aromatic carbocycles. The highest BCUT2D eigenvalue weighted by atomic mass is 16.5. The van der Waals surface area contributed by atoms with Crippen molar-refractivity contribution < 1.29 is 4.74 Å². The molecule has 0 aliphatic carbocycles. The molecule has 0 aromatic rings. The first-order valence-corrected chi connectivity index (χ1v) is 9.81. The molecule has 0 radical (unpaired) electrons. The molecule has 24 heavy (non-hydrogen) atoms. The third kappa shape index (κ3) is 6.00. The Labute approximate surface area is 152 Å². The third-order valence-corrected chi connectivity index (χ3v) is 5.42. The quantitative estimate of drug-likeness (QED) is 0.621. The summed E-state index contributed by atoms with van der Waals surface area (Å²) in [6, 6.07) is 0. The number of hydrogen-bond acceptors (Lipinski definition) is 3. The van der Waals surface area contributed by atoms with Gasteiger partial charge in [-0.2, -0.15) is 0 Å². The van der Waals surface area contributed by atoms with E-state index < -0.39 is 0 Å². The van der Waals surface area contributed by atoms with Crippen LogP contribution in [0.2, 0.25) is 0 Å². The molecule has 0 unspecified atom stereocenters. The molecular weight excluding hydrogens is 296 g/mol. The molecule has 0 N–H and O–H groups in total. The minimum atomic E-state index is 0.191. The van der Waals surface area contributed by atoms with E-state index in [0.717, 1.165) is 19.8 Å². The monoisotopic (exact) mass is 340 g/mol. The van der Waals surface area contributed by atoms with Gasteiger partial charge in [-0.25, -0.2) is 0 Å². The van der Waals surface area contributed by atoms with Crippen LogP contribution in [0.5, 0.6) is 0 Å². The molecule has 2 rings (SSSR count). The number of nitrogens with zero attached hydrogens (tertiary/aromatic N) is 2. The second-order valence-corrected chi connectivity index (χ2v) is 10.8. The van der Waals surface area contributed by atoms with Gasteiger partial charge in [0.05, 0.1) is 13.2 Å². The van der Waals surface area contributed by atoms with Crippen LogP contribution in [0.4, 0.5) is 0 Å². The molecule has 3 nitrogen and oxygen atoms in total. The summed E-state index contributed by atoms with van der Waals surface area (Å²) in [4.78, 5) is 5.16. The number of piperidine rings is 1. The number of likely N-dealkylation sites (tertiary alicyclic amines) is 1. The number of ether oxygens (including phenoxy) is 1. The lowest BCUT2D eigenvalue weighted by atomic mass is 9.86. The topological polar surface area (TPSA) is 15.7 Å². The van der Waals surface area contributed by atoms with Gasteiger partial charge in [-0.15, -0.1) is 0 Å². The van der Waals surface area contributed by atoms with Crippen LogP contribution in [-0.4, -0.2) is 58.3 Å². The van der Waals surface area contributed by atoms with E-state index in [1.54, 1.807) is 0 Å². The van der Waals surface area contributed by atoms with Crippen molar-refractivity contribution in [3.8, 4) is 0 Å². The second kappa shape index (κ2) is 7.63. The SMILES string of the molecule is CC(C)(C)N1CCCCC1(C)C.CC(C)(C)N1CCOCC1(C)C. The number of morpholine rings is 1. The Morgan fingerprint density at radius 3 is 1.54 bits per heavy atom. The molecule has 144 valence electrons. The lowest BCUT2D eigenvalue weighted by molar-refractivity contribution is -0.0910. The highest BCUT2D eigenvalue weighted by Crippen LogP contribution is 2.33. The van der Waals surface area contributed by atoms with E-state index in [0.29, 0.717) is 11.1 Å². The third-order valence-electron chi connectivity index (χ3n) is 5.42. The van der Waals surface area contributed by atoms with Crippen molar-refractivity contribution in [2.24, 2.45) is 0 Å². The lowest BCUT2D eigenvalue weighted by Gasteiger charge is -2.50. The van der Waals surface area contributed by atoms with Crippen molar-refractivity contribution >= 4 is 0 Å². The fraction of sp³-hybridized carbons (Fsp3) is 1.00. The minimum absolute atomic E-state index is 0.191. The molecule has 0 atom stereocenters. The maximum atomic E-state index is 5.47. The first kappa shape index (κ1) is 21.9. The summed E-state index contributed by atoms with van der Waals surface area (Å²) in [5.74, 6) is 0. The average molecular weight is 341 g/mol. The molecule has 0 spiro atoms. The smallest absolute Gasteiger partial charge is 0.0645 e. The van der Waals surface area contributed by atoms with Gasteiger partial charge in [0.1, 0.15) is 0 Å². The average Bonchev–Trinajstić information content (AvgIpc) is 2.35. The predicted molar refractivity (Wildman–Crippen MR) is 106 cm³/mol. The Morgan fingerprint density at radius 1 is 0.708 bits per heavy atom. The van der Waals surface area contributed by atoms with Crippen LogP contribution >= 0.6 is 0 Å². The molecular formula is C21H44N2O. The molecule has 2 aliphatic rings. The summed E-state index contributed by atoms with van der Waals surface area (Å²) in [6.45, 7) is 27.0. The Kier molecular flexibility index (Phi) is 6.97. The summed E-state index contributed by atoms with van der Waals surface area (Å²) in [7, 11) is 0. The molecule has 2 saturated heterocycles. The summed E-state index contributed by atoms with van der Waals surface area (Å²) < 4.78 is 5.47. The van der Waals surface area contributed by atoms with Crippen molar-refractivity contribution in [2.45, 2.75) is 111 Å². The summed E-state index contributed by atoms with van der Waals surface area (Å²) >= 11 is 0. The number of hydrogen-bond donors (Lipinski definition) is 0. The van der Waals surface area contributed by atoms with Gasteiger partial charge < -0.3 is 4.74 Å². The Hall–Kier alpha value is -0.120. The summed E-state index contributed by atoms with van der Waals surface area (Å²) in [5.41, 5.74) is 1.20. The number of rotatable bonds is 0. The van der Waals surface area contributed by atoms with E-state index in [4.69, 9.17) is 4.74 Å². The molecule has 3 heteroatoms. The zero-order valence-electron chi connectivity index (χ0n) is 18.3. The van der Waals surface area contributed by atoms with Crippen LogP contribution in [0.1, 0.15) is 88.5 Å². The van der Waals surface area contributed by atoms with Crippen LogP contribution in [-0.2, 0) is 4.74 Å². The minimum Gasteiger partial charge on any atom is -0.378 e. The molecule has 0 amide bonds. The Bertz CT molecular complexity index is 350. The van der Waals surface area contributed by atoms with E-state index in [1.807, 2.05) is 0 Å². The van der Waals surface area contributed by atoms with Gasteiger partial charge in [0.25, 0.3) is 0 Å². The van der Waals surface area contributed by atoms with Crippen molar-refractivity contribution in [2.75, 3.05) is 26.3 Å². The molecule has 0 bridgehead atoms. The van der Waals surface area contributed by atoms with Crippen molar-refractivity contribution in [3.05, 3.63) is 0 Å². The van der Waals surface area contributed by atoms with Gasteiger partial charge in [0.15, 0.2) is 0 Å². The first-order chi connectivity index (χ1) is 10.7. The highest BCUT2D eigenvalue weighted by molar-refractivity contribution is 4.93. The normalized spacial score (nSPS) is 25.8. The molecule has 0 aromatic heterocycles. The van der Waals surface area contributed by atoms with Crippen LogP contribution in [0.25, 0.3) is 0 Å². The molecule has 2 fully saturated rings. The van der Waals surface area contributed by atoms with Gasteiger partial charge in [-0.1, -0.05) is 6.42 Å². The van der Waals surface area contributed by atoms with Crippen LogP contribution < -0.4 is 0 Å². The fourth-order valence-corrected chi connectivity index (χ4v) is 4.61. The van der Waals surface area contributed by atoms with E-state index in [2.05, 4.69) is 79.0 Å². The Balaban J connectivity index is 0.000000240. The van der Waals surface area contributed by atoms with Gasteiger partial charge in [0.2, 0.25) is 0 Å². The van der Waals surface area contributed by atoms with Crippen LogP contribution in [0.3, 0.4) is 0 Å². The highest BCUT2D eigenvalue weighted by Gasteiger charge is 2.37. The molecule has 0 saturated carbocycles. The Morgan fingerprint density at radius 2 is 1.21 bits per heavy atom. The van der Waals surface area contributed by atoms with Crippen molar-refractivity contribution in [1.82, 2.24) is 9.80 Å². The van der Waals surface area contributed by atoms with Gasteiger partial charge in [0, 0.05) is 28.7 Å². The maximum absolute atomic E-state index is 5.47. The zero-order chi connectivity index (χ0) is 18.8. The van der Waals surface area contributed by atoms with E-state index in [9.17, 15) is 0 Å². The predicted octanol–water partition coefficient (Wildman–Crippen LogP) is 4.95. The van der Waals surface area contributed by atoms with E-state index in [1.165, 1.54) is 25.8 Å². The maximum Gasteiger partial charge on any atom is 0.0645 e. The van der Waals surface area contributed by atoms with Gasteiger partial charge in [-0.05, 0) is 88.6 Å². The standard InChI is InChI=1S/C11H23N.C10H21NO/c1-10(2,3)12-9-7-6-8-11(12,4)5;1-9(2,3)11-6-7-12-8-10(11,4)5/h6-9H2,1-5H3;6-8H2,1-5H3. The summed E-state index contributed by atoms with van der Waals surface area (Å²) in [6.07, 6.45) is 4.13. The lowest BCUT2D eigenvalue weighted by Crippen LogP contribution is -2.60. The van der Waals surface area contributed by atoms with Gasteiger partial charge >= 0.3 is 0 Å². The van der Waals surface area contributed by atoms with E-state index >= 15 is 0 Å². The largest absolute Gasteiger partial charge is 0.378 e. The fourth-order valence-electron chi connectivity index (χ4n) is 4.61. The zero-order valence-corrected chi connectivity index (χ0v) is 18.3. The molecule has 2 heterocycles. The van der Waals surface area contributed by atoms with Crippen molar-refractivity contribution in [1.29, 1.82) is 0 Å². The van der Waals surface area contributed by atoms with Crippen molar-refractivity contribution in [3.63, 3.8) is 0 Å². The van der Waals surface area contributed by atoms with Gasteiger partial charge in [-0.3, -0.25) is 9.80 Å². The van der Waals surface area contributed by atoms with Crippen LogP contribution in [0, 0.1) is 0 Å². The molecule has 2 aliphatic heterocycles. The second-order valence-electron chi connectivity index (χ2n) is 10.8.